The molecule has 2 aromatic carbocycles. The van der Waals surface area contributed by atoms with E-state index in [0.717, 1.165) is 35.7 Å². The van der Waals surface area contributed by atoms with Gasteiger partial charge in [-0.2, -0.15) is 5.10 Å². The van der Waals surface area contributed by atoms with Gasteiger partial charge in [-0.05, 0) is 54.6 Å². The predicted molar refractivity (Wildman–Crippen MR) is 131 cm³/mol. The Kier molecular flexibility index (Phi) is 6.16. The molecule has 0 N–H and O–H groups in total. The van der Waals surface area contributed by atoms with Crippen LogP contribution in [0.2, 0.25) is 0 Å². The molecule has 1 amide bonds. The zero-order valence-corrected chi connectivity index (χ0v) is 18.6. The predicted octanol–water partition coefficient (Wildman–Crippen LogP) is 4.44. The van der Waals surface area contributed by atoms with Crippen molar-refractivity contribution in [2.75, 3.05) is 31.1 Å². The van der Waals surface area contributed by atoms with Crippen molar-refractivity contribution >= 4 is 17.8 Å². The number of amides is 1. The molecule has 0 spiro atoms. The van der Waals surface area contributed by atoms with Crippen molar-refractivity contribution in [2.24, 2.45) is 0 Å². The fourth-order valence-electron chi connectivity index (χ4n) is 4.02. The van der Waals surface area contributed by atoms with Gasteiger partial charge >= 0.3 is 0 Å². The summed E-state index contributed by atoms with van der Waals surface area (Å²) >= 11 is 0. The van der Waals surface area contributed by atoms with Gasteiger partial charge in [0.15, 0.2) is 0 Å². The highest BCUT2D eigenvalue weighted by Crippen LogP contribution is 2.25. The normalized spacial score (nSPS) is 14.0. The quantitative estimate of drug-likeness (QED) is 0.420. The highest BCUT2D eigenvalue weighted by molar-refractivity contribution is 5.93. The number of para-hydroxylation sites is 1. The molecular formula is C27H24FN5O. The van der Waals surface area contributed by atoms with Gasteiger partial charge in [0.05, 0.1) is 11.4 Å². The lowest BCUT2D eigenvalue weighted by Gasteiger charge is -2.34. The number of anilines is 1. The molecule has 0 aliphatic carbocycles. The van der Waals surface area contributed by atoms with Gasteiger partial charge in [0.25, 0.3) is 0 Å². The first-order valence-electron chi connectivity index (χ1n) is 11.2. The van der Waals surface area contributed by atoms with E-state index in [2.05, 4.69) is 9.88 Å². The van der Waals surface area contributed by atoms with E-state index in [9.17, 15) is 9.18 Å². The van der Waals surface area contributed by atoms with Crippen molar-refractivity contribution in [2.45, 2.75) is 0 Å². The molecule has 0 bridgehead atoms. The number of rotatable bonds is 5. The molecule has 1 fully saturated rings. The Morgan fingerprint density at radius 2 is 1.62 bits per heavy atom. The molecule has 34 heavy (non-hydrogen) atoms. The zero-order chi connectivity index (χ0) is 23.3. The summed E-state index contributed by atoms with van der Waals surface area (Å²) in [5.41, 5.74) is 3.17. The number of aromatic nitrogens is 3. The summed E-state index contributed by atoms with van der Waals surface area (Å²) in [5, 5.41) is 4.72. The summed E-state index contributed by atoms with van der Waals surface area (Å²) in [6.45, 7) is 2.74. The van der Waals surface area contributed by atoms with Gasteiger partial charge in [-0.3, -0.25) is 4.79 Å². The average Bonchev–Trinajstić information content (AvgIpc) is 3.33. The van der Waals surface area contributed by atoms with Crippen molar-refractivity contribution < 1.29 is 9.18 Å². The van der Waals surface area contributed by atoms with Gasteiger partial charge in [-0.15, -0.1) is 0 Å². The second-order valence-corrected chi connectivity index (χ2v) is 8.05. The van der Waals surface area contributed by atoms with Gasteiger partial charge in [0, 0.05) is 55.8 Å². The number of halogens is 1. The number of hydrogen-bond acceptors (Lipinski definition) is 4. The SMILES string of the molecule is O=C(C=Cc1cn(-c2ccccc2)nc1-c1ccc(F)cc1)N1CCN(c2ccccn2)CC1. The van der Waals surface area contributed by atoms with Crippen LogP contribution in [0.25, 0.3) is 23.0 Å². The van der Waals surface area contributed by atoms with Crippen LogP contribution in [-0.4, -0.2) is 51.8 Å². The summed E-state index contributed by atoms with van der Waals surface area (Å²) < 4.78 is 15.2. The number of carbonyl (C=O) groups excluding carboxylic acids is 1. The molecule has 7 heteroatoms. The topological polar surface area (TPSA) is 54.3 Å². The monoisotopic (exact) mass is 453 g/mol. The molecule has 5 rings (SSSR count). The Morgan fingerprint density at radius 1 is 0.882 bits per heavy atom. The summed E-state index contributed by atoms with van der Waals surface area (Å²) in [5.74, 6) is 0.587. The van der Waals surface area contributed by atoms with Crippen LogP contribution in [0.4, 0.5) is 10.2 Å². The molecule has 0 saturated carbocycles. The van der Waals surface area contributed by atoms with Crippen LogP contribution in [-0.2, 0) is 4.79 Å². The maximum atomic E-state index is 13.5. The van der Waals surface area contributed by atoms with E-state index in [1.54, 1.807) is 35.2 Å². The number of carbonyl (C=O) groups is 1. The fourth-order valence-corrected chi connectivity index (χ4v) is 4.02. The number of piperazine rings is 1. The van der Waals surface area contributed by atoms with E-state index in [0.29, 0.717) is 18.8 Å². The largest absolute Gasteiger partial charge is 0.353 e. The highest BCUT2D eigenvalue weighted by atomic mass is 19.1. The van der Waals surface area contributed by atoms with Crippen molar-refractivity contribution in [1.29, 1.82) is 0 Å². The molecule has 3 heterocycles. The van der Waals surface area contributed by atoms with Crippen LogP contribution in [0.15, 0.2) is 91.3 Å². The van der Waals surface area contributed by atoms with Crippen molar-refractivity contribution in [1.82, 2.24) is 19.7 Å². The van der Waals surface area contributed by atoms with E-state index in [1.165, 1.54) is 12.1 Å². The minimum absolute atomic E-state index is 0.0433. The van der Waals surface area contributed by atoms with E-state index >= 15 is 0 Å². The minimum Gasteiger partial charge on any atom is -0.353 e. The lowest BCUT2D eigenvalue weighted by atomic mass is 10.1. The lowest BCUT2D eigenvalue weighted by Crippen LogP contribution is -2.48. The first kappa shape index (κ1) is 21.6. The highest BCUT2D eigenvalue weighted by Gasteiger charge is 2.20. The van der Waals surface area contributed by atoms with E-state index in [1.807, 2.05) is 59.6 Å². The zero-order valence-electron chi connectivity index (χ0n) is 18.6. The second kappa shape index (κ2) is 9.70. The van der Waals surface area contributed by atoms with Gasteiger partial charge in [0.2, 0.25) is 5.91 Å². The number of pyridine rings is 1. The van der Waals surface area contributed by atoms with E-state index in [-0.39, 0.29) is 11.7 Å². The molecule has 1 aliphatic heterocycles. The average molecular weight is 454 g/mol. The summed E-state index contributed by atoms with van der Waals surface area (Å²) in [7, 11) is 0. The van der Waals surface area contributed by atoms with Crippen LogP contribution in [0, 0.1) is 5.82 Å². The Labute approximate surface area is 197 Å². The Morgan fingerprint density at radius 3 is 2.32 bits per heavy atom. The van der Waals surface area contributed by atoms with Crippen LogP contribution in [0.3, 0.4) is 0 Å². The summed E-state index contributed by atoms with van der Waals surface area (Å²) in [4.78, 5) is 21.3. The fraction of sp³-hybridized carbons (Fsp3) is 0.148. The van der Waals surface area contributed by atoms with Crippen LogP contribution < -0.4 is 4.90 Å². The van der Waals surface area contributed by atoms with Gasteiger partial charge < -0.3 is 9.80 Å². The number of benzene rings is 2. The maximum absolute atomic E-state index is 13.5. The van der Waals surface area contributed by atoms with Gasteiger partial charge in [0.1, 0.15) is 11.6 Å². The third-order valence-corrected chi connectivity index (χ3v) is 5.85. The third-order valence-electron chi connectivity index (χ3n) is 5.85. The molecule has 6 nitrogen and oxygen atoms in total. The molecular weight excluding hydrogens is 429 g/mol. The first-order chi connectivity index (χ1) is 16.7. The van der Waals surface area contributed by atoms with Crippen LogP contribution >= 0.6 is 0 Å². The number of nitrogens with zero attached hydrogens (tertiary/aromatic N) is 5. The molecule has 0 unspecified atom stereocenters. The van der Waals surface area contributed by atoms with Crippen LogP contribution in [0.1, 0.15) is 5.56 Å². The minimum atomic E-state index is -0.302. The van der Waals surface area contributed by atoms with Crippen LogP contribution in [0.5, 0.6) is 0 Å². The molecule has 0 radical (unpaired) electrons. The summed E-state index contributed by atoms with van der Waals surface area (Å²) in [6, 6.07) is 21.8. The standard InChI is InChI=1S/C27H24FN5O/c28-23-12-9-21(10-13-23)27-22(20-33(30-27)24-6-2-1-3-7-24)11-14-26(34)32-18-16-31(17-19-32)25-8-4-5-15-29-25/h1-15,20H,16-19H2. The smallest absolute Gasteiger partial charge is 0.246 e. The molecule has 170 valence electrons. The van der Waals surface area contributed by atoms with Crippen molar-refractivity contribution in [3.8, 4) is 16.9 Å². The van der Waals surface area contributed by atoms with Gasteiger partial charge in [-0.1, -0.05) is 24.3 Å². The van der Waals surface area contributed by atoms with Crippen molar-refractivity contribution in [3.63, 3.8) is 0 Å². The molecule has 4 aromatic rings. The summed E-state index contributed by atoms with van der Waals surface area (Å²) in [6.07, 6.45) is 7.05. The molecule has 2 aromatic heterocycles. The Hall–Kier alpha value is -4.26. The maximum Gasteiger partial charge on any atom is 0.246 e. The third kappa shape index (κ3) is 4.73. The second-order valence-electron chi connectivity index (χ2n) is 8.05. The molecule has 1 saturated heterocycles. The lowest BCUT2D eigenvalue weighted by molar-refractivity contribution is -0.126. The molecule has 0 atom stereocenters. The Balaban J connectivity index is 1.34. The number of hydrogen-bond donors (Lipinski definition) is 0. The Bertz CT molecular complexity index is 1280. The van der Waals surface area contributed by atoms with E-state index in [4.69, 9.17) is 5.10 Å². The first-order valence-corrected chi connectivity index (χ1v) is 11.2. The molecule has 1 aliphatic rings. The van der Waals surface area contributed by atoms with Gasteiger partial charge in [-0.25, -0.2) is 14.1 Å². The van der Waals surface area contributed by atoms with E-state index < -0.39 is 0 Å². The van der Waals surface area contributed by atoms with Crippen molar-refractivity contribution in [3.05, 3.63) is 103 Å².